The number of aliphatic hydroxyl groups excluding tert-OH is 1. The van der Waals surface area contributed by atoms with Crippen molar-refractivity contribution in [2.75, 3.05) is 0 Å². The Morgan fingerprint density at radius 3 is 3.00 bits per heavy atom. The van der Waals surface area contributed by atoms with Crippen LogP contribution in [0.2, 0.25) is 0 Å². The predicted molar refractivity (Wildman–Crippen MR) is 78.8 cm³/mol. The minimum absolute atomic E-state index is 0.0697. The molecule has 2 aliphatic rings. The van der Waals surface area contributed by atoms with Crippen molar-refractivity contribution >= 4 is 0 Å². The maximum Gasteiger partial charge on any atom is 0.0654 e. The molecule has 0 spiro atoms. The first-order chi connectivity index (χ1) is 8.97. The smallest absolute Gasteiger partial charge is 0.0654 e. The summed E-state index contributed by atoms with van der Waals surface area (Å²) < 4.78 is 0. The zero-order valence-electron chi connectivity index (χ0n) is 12.3. The molecule has 2 aliphatic carbocycles. The second-order valence-corrected chi connectivity index (χ2v) is 6.75. The van der Waals surface area contributed by atoms with E-state index in [2.05, 4.69) is 31.2 Å². The van der Waals surface area contributed by atoms with Crippen LogP contribution in [0.1, 0.15) is 58.8 Å². The summed E-state index contributed by atoms with van der Waals surface area (Å²) >= 11 is 0. The lowest BCUT2D eigenvalue weighted by Gasteiger charge is -2.25. The van der Waals surface area contributed by atoms with E-state index in [4.69, 9.17) is 0 Å². The molecule has 0 aromatic heterocycles. The molecule has 0 bridgehead atoms. The summed E-state index contributed by atoms with van der Waals surface area (Å²) in [5.41, 5.74) is -0.515. The molecule has 2 rings (SSSR count). The Morgan fingerprint density at radius 2 is 2.26 bits per heavy atom. The highest BCUT2D eigenvalue weighted by molar-refractivity contribution is 5.23. The van der Waals surface area contributed by atoms with Gasteiger partial charge in [-0.2, -0.15) is 0 Å². The van der Waals surface area contributed by atoms with Crippen molar-refractivity contribution < 1.29 is 10.2 Å². The number of fused-ring (bicyclic) bond motifs is 1. The summed E-state index contributed by atoms with van der Waals surface area (Å²) in [5.74, 6) is 0.569. The van der Waals surface area contributed by atoms with Gasteiger partial charge in [-0.25, -0.2) is 0 Å². The molecule has 4 atom stereocenters. The van der Waals surface area contributed by atoms with Crippen LogP contribution < -0.4 is 0 Å². The largest absolute Gasteiger partial charge is 0.393 e. The molecule has 0 aromatic rings. The first-order valence-electron chi connectivity index (χ1n) is 7.73. The van der Waals surface area contributed by atoms with E-state index in [1.807, 2.05) is 6.92 Å². The molecule has 19 heavy (non-hydrogen) atoms. The third-order valence-corrected chi connectivity index (χ3v) is 4.81. The number of rotatable bonds is 6. The molecule has 2 N–H and O–H groups in total. The van der Waals surface area contributed by atoms with Crippen LogP contribution in [0.4, 0.5) is 0 Å². The van der Waals surface area contributed by atoms with Gasteiger partial charge in [-0.3, -0.25) is 0 Å². The van der Waals surface area contributed by atoms with Gasteiger partial charge < -0.3 is 10.2 Å². The quantitative estimate of drug-likeness (QED) is 0.720. The Kier molecular flexibility index (Phi) is 4.52. The molecule has 1 saturated carbocycles. The maximum absolute atomic E-state index is 10.3. The summed E-state index contributed by atoms with van der Waals surface area (Å²) in [5, 5.41) is 20.1. The van der Waals surface area contributed by atoms with Crippen molar-refractivity contribution in [3.63, 3.8) is 0 Å². The molecule has 2 heteroatoms. The fourth-order valence-corrected chi connectivity index (χ4v) is 3.63. The average molecular weight is 264 g/mol. The van der Waals surface area contributed by atoms with Crippen LogP contribution in [0, 0.1) is 11.3 Å². The topological polar surface area (TPSA) is 40.5 Å². The molecule has 0 radical (unpaired) electrons. The number of hydrogen-bond donors (Lipinski definition) is 2. The predicted octanol–water partition coefficient (Wildman–Crippen LogP) is 3.59. The van der Waals surface area contributed by atoms with Gasteiger partial charge in [-0.05, 0) is 44.9 Å². The fourth-order valence-electron chi connectivity index (χ4n) is 3.63. The Labute approximate surface area is 117 Å². The number of allylic oxidation sites excluding steroid dienone is 3. The summed E-state index contributed by atoms with van der Waals surface area (Å²) in [6.45, 7) is 4.08. The normalized spacial score (nSPS) is 36.8. The molecule has 1 fully saturated rings. The van der Waals surface area contributed by atoms with Crippen molar-refractivity contribution in [1.29, 1.82) is 0 Å². The highest BCUT2D eigenvalue weighted by Crippen LogP contribution is 2.51. The molecule has 0 aromatic carbocycles. The van der Waals surface area contributed by atoms with Crippen LogP contribution in [0.3, 0.4) is 0 Å². The molecule has 0 amide bonds. The van der Waals surface area contributed by atoms with E-state index in [1.54, 1.807) is 0 Å². The summed E-state index contributed by atoms with van der Waals surface area (Å²) in [4.78, 5) is 0. The van der Waals surface area contributed by atoms with Crippen molar-refractivity contribution in [1.82, 2.24) is 0 Å². The van der Waals surface area contributed by atoms with Crippen LogP contribution in [0.5, 0.6) is 0 Å². The van der Waals surface area contributed by atoms with E-state index in [-0.39, 0.29) is 11.5 Å². The van der Waals surface area contributed by atoms with Gasteiger partial charge in [0.25, 0.3) is 0 Å². The number of hydrogen-bond acceptors (Lipinski definition) is 2. The third kappa shape index (κ3) is 3.49. The first-order valence-corrected chi connectivity index (χ1v) is 7.73. The Balaban J connectivity index is 1.93. The molecule has 108 valence electrons. The lowest BCUT2D eigenvalue weighted by molar-refractivity contribution is 0.0515. The SMILES string of the molecule is CCCC[C@](C)(O)C/C=C/C12C=CCC1CC(O)C2. The zero-order valence-corrected chi connectivity index (χ0v) is 12.3. The molecular weight excluding hydrogens is 236 g/mol. The van der Waals surface area contributed by atoms with E-state index in [1.165, 1.54) is 0 Å². The fraction of sp³-hybridized carbons (Fsp3) is 0.765. The highest BCUT2D eigenvalue weighted by Gasteiger charge is 2.45. The van der Waals surface area contributed by atoms with Gasteiger partial charge in [0.05, 0.1) is 11.7 Å². The van der Waals surface area contributed by atoms with Crippen LogP contribution in [0.25, 0.3) is 0 Å². The molecule has 0 saturated heterocycles. The maximum atomic E-state index is 10.3. The summed E-state index contributed by atoms with van der Waals surface area (Å²) in [6.07, 6.45) is 15.4. The second kappa shape index (κ2) is 5.80. The van der Waals surface area contributed by atoms with Gasteiger partial charge in [-0.15, -0.1) is 0 Å². The van der Waals surface area contributed by atoms with Gasteiger partial charge in [0.15, 0.2) is 0 Å². The van der Waals surface area contributed by atoms with Gasteiger partial charge in [0, 0.05) is 5.41 Å². The monoisotopic (exact) mass is 264 g/mol. The molecule has 3 unspecified atom stereocenters. The third-order valence-electron chi connectivity index (χ3n) is 4.81. The molecule has 2 nitrogen and oxygen atoms in total. The Morgan fingerprint density at radius 1 is 1.47 bits per heavy atom. The van der Waals surface area contributed by atoms with Gasteiger partial charge >= 0.3 is 0 Å². The molecular formula is C17H28O2. The zero-order chi connectivity index (χ0) is 13.9. The minimum Gasteiger partial charge on any atom is -0.393 e. The molecule has 0 aliphatic heterocycles. The van der Waals surface area contributed by atoms with Gasteiger partial charge in [0.2, 0.25) is 0 Å². The lowest BCUT2D eigenvalue weighted by Crippen LogP contribution is -2.23. The average Bonchev–Trinajstić information content (AvgIpc) is 2.82. The Hall–Kier alpha value is -0.600. The minimum atomic E-state index is -0.585. The van der Waals surface area contributed by atoms with Crippen molar-refractivity contribution in [2.24, 2.45) is 11.3 Å². The van der Waals surface area contributed by atoms with E-state index in [0.29, 0.717) is 12.3 Å². The van der Waals surface area contributed by atoms with Crippen molar-refractivity contribution in [3.05, 3.63) is 24.3 Å². The van der Waals surface area contributed by atoms with Crippen LogP contribution in [0.15, 0.2) is 24.3 Å². The standard InChI is InChI=1S/C17H28O2/c1-3-4-8-16(2,19)9-6-11-17-10-5-7-14(17)12-15(18)13-17/h5-6,10-11,14-15,18-19H,3-4,7-9,12-13H2,1-2H3/b11-6+/t14?,15?,16-,17?/m0/s1. The second-order valence-electron chi connectivity index (χ2n) is 6.75. The van der Waals surface area contributed by atoms with E-state index >= 15 is 0 Å². The van der Waals surface area contributed by atoms with Crippen LogP contribution in [-0.2, 0) is 0 Å². The van der Waals surface area contributed by atoms with E-state index < -0.39 is 5.60 Å². The van der Waals surface area contributed by atoms with Gasteiger partial charge in [0.1, 0.15) is 0 Å². The van der Waals surface area contributed by atoms with E-state index in [9.17, 15) is 10.2 Å². The number of aliphatic hydroxyl groups is 2. The Bertz CT molecular complexity index is 356. The van der Waals surface area contributed by atoms with Crippen molar-refractivity contribution in [3.8, 4) is 0 Å². The van der Waals surface area contributed by atoms with Crippen LogP contribution >= 0.6 is 0 Å². The lowest BCUT2D eigenvalue weighted by atomic mass is 9.80. The van der Waals surface area contributed by atoms with Gasteiger partial charge in [-0.1, -0.05) is 44.1 Å². The first kappa shape index (κ1) is 14.8. The van der Waals surface area contributed by atoms with Crippen LogP contribution in [-0.4, -0.2) is 21.9 Å². The number of unbranched alkanes of at least 4 members (excludes halogenated alkanes) is 1. The summed E-state index contributed by atoms with van der Waals surface area (Å²) in [7, 11) is 0. The van der Waals surface area contributed by atoms with E-state index in [0.717, 1.165) is 38.5 Å². The van der Waals surface area contributed by atoms with Crippen molar-refractivity contribution in [2.45, 2.75) is 70.5 Å². The highest BCUT2D eigenvalue weighted by atomic mass is 16.3. The molecule has 0 heterocycles. The summed E-state index contributed by atoms with van der Waals surface area (Å²) in [6, 6.07) is 0.